The highest BCUT2D eigenvalue weighted by molar-refractivity contribution is 5.63. The van der Waals surface area contributed by atoms with Crippen LogP contribution in [0.4, 0.5) is 4.39 Å². The van der Waals surface area contributed by atoms with Gasteiger partial charge in [-0.3, -0.25) is 9.89 Å². The molecule has 0 radical (unpaired) electrons. The molecular formula is C20H23FN4O. The van der Waals surface area contributed by atoms with E-state index in [0.29, 0.717) is 11.7 Å². The number of likely N-dealkylation sites (tertiary alicyclic amines) is 1. The molecule has 6 heteroatoms. The third-order valence-electron chi connectivity index (χ3n) is 5.23. The smallest absolute Gasteiger partial charge is 0.272 e. The molecule has 4 rings (SSSR count). The van der Waals surface area contributed by atoms with Gasteiger partial charge in [0.1, 0.15) is 5.82 Å². The molecule has 0 amide bonds. The van der Waals surface area contributed by atoms with Crippen LogP contribution < -0.4 is 5.56 Å². The summed E-state index contributed by atoms with van der Waals surface area (Å²) in [7, 11) is 0. The molecule has 1 saturated heterocycles. The molecule has 1 N–H and O–H groups in total. The van der Waals surface area contributed by atoms with Gasteiger partial charge in [-0.2, -0.15) is 0 Å². The van der Waals surface area contributed by atoms with Crippen LogP contribution in [0.3, 0.4) is 0 Å². The predicted molar refractivity (Wildman–Crippen MR) is 99.9 cm³/mol. The van der Waals surface area contributed by atoms with Gasteiger partial charge in [0, 0.05) is 30.6 Å². The van der Waals surface area contributed by atoms with Crippen LogP contribution in [0.2, 0.25) is 0 Å². The fourth-order valence-electron chi connectivity index (χ4n) is 3.71. The minimum Gasteiger partial charge on any atom is -0.300 e. The maximum absolute atomic E-state index is 13.1. The average molecular weight is 354 g/mol. The van der Waals surface area contributed by atoms with Gasteiger partial charge in [-0.05, 0) is 63.1 Å². The molecule has 1 fully saturated rings. The van der Waals surface area contributed by atoms with Gasteiger partial charge in [-0.25, -0.2) is 13.9 Å². The standard InChI is InChI=1S/C20H23FN4O/c1-13(2)24-9-3-4-15(12-24)17-11-20(26)25-19(22-17)10-18(23-25)14-5-7-16(21)8-6-14/h5-8,10-11,13,15,23H,3-4,9,12H2,1-2H3. The third kappa shape index (κ3) is 3.17. The van der Waals surface area contributed by atoms with Gasteiger partial charge in [0.05, 0.1) is 11.4 Å². The highest BCUT2D eigenvalue weighted by atomic mass is 19.1. The van der Waals surface area contributed by atoms with E-state index in [4.69, 9.17) is 4.98 Å². The molecule has 1 atom stereocenters. The fraction of sp³-hybridized carbons (Fsp3) is 0.400. The van der Waals surface area contributed by atoms with Crippen LogP contribution in [-0.4, -0.2) is 38.6 Å². The second-order valence-corrected chi connectivity index (χ2v) is 7.32. The number of nitrogens with one attached hydrogen (secondary N) is 1. The summed E-state index contributed by atoms with van der Waals surface area (Å²) in [5, 5.41) is 3.07. The quantitative estimate of drug-likeness (QED) is 0.784. The second kappa shape index (κ2) is 6.68. The average Bonchev–Trinajstić information content (AvgIpc) is 3.07. The first kappa shape index (κ1) is 17.0. The lowest BCUT2D eigenvalue weighted by molar-refractivity contribution is 0.166. The van der Waals surface area contributed by atoms with Crippen LogP contribution >= 0.6 is 0 Å². The number of benzene rings is 1. The van der Waals surface area contributed by atoms with Crippen LogP contribution in [0, 0.1) is 5.82 Å². The first-order chi connectivity index (χ1) is 12.5. The zero-order valence-electron chi connectivity index (χ0n) is 15.1. The Labute approximate surface area is 151 Å². The van der Waals surface area contributed by atoms with Gasteiger partial charge in [0.25, 0.3) is 5.56 Å². The Morgan fingerprint density at radius 2 is 2.00 bits per heavy atom. The molecule has 1 aliphatic rings. The lowest BCUT2D eigenvalue weighted by Gasteiger charge is -2.35. The highest BCUT2D eigenvalue weighted by Gasteiger charge is 2.24. The molecule has 5 nitrogen and oxygen atoms in total. The Morgan fingerprint density at radius 3 is 2.73 bits per heavy atom. The summed E-state index contributed by atoms with van der Waals surface area (Å²) in [4.78, 5) is 19.8. The normalized spacial score (nSPS) is 18.7. The van der Waals surface area contributed by atoms with Crippen molar-refractivity contribution in [1.29, 1.82) is 0 Å². The molecule has 136 valence electrons. The largest absolute Gasteiger partial charge is 0.300 e. The van der Waals surface area contributed by atoms with Gasteiger partial charge in [0.2, 0.25) is 0 Å². The lowest BCUT2D eigenvalue weighted by Crippen LogP contribution is -2.39. The van der Waals surface area contributed by atoms with Crippen molar-refractivity contribution in [3.63, 3.8) is 0 Å². The van der Waals surface area contributed by atoms with Crippen molar-refractivity contribution < 1.29 is 4.39 Å². The van der Waals surface area contributed by atoms with Crippen molar-refractivity contribution in [2.24, 2.45) is 0 Å². The van der Waals surface area contributed by atoms with E-state index in [-0.39, 0.29) is 17.3 Å². The van der Waals surface area contributed by atoms with Crippen LogP contribution in [0.25, 0.3) is 16.9 Å². The van der Waals surface area contributed by atoms with Crippen molar-refractivity contribution in [2.75, 3.05) is 13.1 Å². The minimum absolute atomic E-state index is 0.111. The molecule has 3 aromatic rings. The summed E-state index contributed by atoms with van der Waals surface area (Å²) < 4.78 is 14.6. The van der Waals surface area contributed by atoms with Crippen LogP contribution in [0.1, 0.15) is 38.3 Å². The summed E-state index contributed by atoms with van der Waals surface area (Å²) in [6, 6.07) is 10.2. The molecule has 0 spiro atoms. The van der Waals surface area contributed by atoms with E-state index in [1.54, 1.807) is 18.2 Å². The van der Waals surface area contributed by atoms with Crippen molar-refractivity contribution >= 4 is 5.65 Å². The van der Waals surface area contributed by atoms with E-state index in [1.165, 1.54) is 16.6 Å². The fourth-order valence-corrected chi connectivity index (χ4v) is 3.71. The summed E-state index contributed by atoms with van der Waals surface area (Å²) in [6.07, 6.45) is 2.18. The molecule has 1 unspecified atom stereocenters. The number of hydrogen-bond donors (Lipinski definition) is 1. The lowest BCUT2D eigenvalue weighted by atomic mass is 9.94. The Hall–Kier alpha value is -2.47. The Balaban J connectivity index is 1.70. The van der Waals surface area contributed by atoms with Gasteiger partial charge < -0.3 is 4.90 Å². The zero-order chi connectivity index (χ0) is 18.3. The molecular weight excluding hydrogens is 331 g/mol. The Kier molecular flexibility index (Phi) is 4.36. The number of nitrogens with zero attached hydrogens (tertiary/aromatic N) is 3. The monoisotopic (exact) mass is 354 g/mol. The van der Waals surface area contributed by atoms with Crippen LogP contribution in [0.5, 0.6) is 0 Å². The summed E-state index contributed by atoms with van der Waals surface area (Å²) in [5.41, 5.74) is 2.93. The molecule has 26 heavy (non-hydrogen) atoms. The summed E-state index contributed by atoms with van der Waals surface area (Å²) in [5.74, 6) is 0.00228. The van der Waals surface area contributed by atoms with Crippen molar-refractivity contribution in [2.45, 2.75) is 38.6 Å². The van der Waals surface area contributed by atoms with E-state index < -0.39 is 0 Å². The van der Waals surface area contributed by atoms with E-state index >= 15 is 0 Å². The van der Waals surface area contributed by atoms with Crippen molar-refractivity contribution in [3.05, 3.63) is 58.3 Å². The van der Waals surface area contributed by atoms with Crippen LogP contribution in [-0.2, 0) is 0 Å². The molecule has 0 saturated carbocycles. The van der Waals surface area contributed by atoms with E-state index in [1.807, 2.05) is 6.07 Å². The third-order valence-corrected chi connectivity index (χ3v) is 5.23. The van der Waals surface area contributed by atoms with Gasteiger partial charge >= 0.3 is 0 Å². The number of halogens is 1. The highest BCUT2D eigenvalue weighted by Crippen LogP contribution is 2.27. The second-order valence-electron chi connectivity index (χ2n) is 7.32. The molecule has 1 aliphatic heterocycles. The minimum atomic E-state index is -0.283. The Morgan fingerprint density at radius 1 is 1.23 bits per heavy atom. The van der Waals surface area contributed by atoms with Crippen LogP contribution in [0.15, 0.2) is 41.2 Å². The molecule has 1 aromatic carbocycles. The Bertz CT molecular complexity index is 974. The van der Waals surface area contributed by atoms with E-state index in [0.717, 1.165) is 42.9 Å². The topological polar surface area (TPSA) is 53.4 Å². The van der Waals surface area contributed by atoms with E-state index in [9.17, 15) is 9.18 Å². The maximum atomic E-state index is 13.1. The van der Waals surface area contributed by atoms with Crippen molar-refractivity contribution in [1.82, 2.24) is 19.5 Å². The molecule has 0 bridgehead atoms. The molecule has 0 aliphatic carbocycles. The van der Waals surface area contributed by atoms with Gasteiger partial charge in [-0.1, -0.05) is 0 Å². The van der Waals surface area contributed by atoms with E-state index in [2.05, 4.69) is 23.8 Å². The number of aromatic nitrogens is 3. The van der Waals surface area contributed by atoms with Crippen molar-refractivity contribution in [3.8, 4) is 11.3 Å². The number of rotatable bonds is 3. The van der Waals surface area contributed by atoms with Gasteiger partial charge in [0.15, 0.2) is 5.65 Å². The first-order valence-corrected chi connectivity index (χ1v) is 9.14. The SMILES string of the molecule is CC(C)N1CCCC(c2cc(=O)n3[nH]c(-c4ccc(F)cc4)cc3n2)C1. The predicted octanol–water partition coefficient (Wildman–Crippen LogP) is 3.42. The number of piperidine rings is 1. The van der Waals surface area contributed by atoms with Gasteiger partial charge in [-0.15, -0.1) is 0 Å². The summed E-state index contributed by atoms with van der Waals surface area (Å²) in [6.45, 7) is 6.45. The zero-order valence-corrected chi connectivity index (χ0v) is 15.1. The number of H-pyrrole nitrogens is 1. The maximum Gasteiger partial charge on any atom is 0.272 e. The summed E-state index contributed by atoms with van der Waals surface area (Å²) >= 11 is 0. The number of aromatic amines is 1. The number of fused-ring (bicyclic) bond motifs is 1. The molecule has 2 aromatic heterocycles. The first-order valence-electron chi connectivity index (χ1n) is 9.14. The number of hydrogen-bond acceptors (Lipinski definition) is 3. The molecule has 3 heterocycles.